The van der Waals surface area contributed by atoms with Crippen molar-refractivity contribution < 1.29 is 42.9 Å². The number of rotatable bonds is 72. The molecule has 0 saturated carbocycles. The standard InChI is InChI=1S/C92H147NO8/c1-6-8-10-12-14-16-18-20-22-24-26-28-30-32-34-36-38-40-42-43-44-45-46-47-49-51-53-55-57-59-61-63-65-67-69-71-73-75-77-79-81-83-90(95)101-88(87-100-92(91(96)97)98-85-84-93(3,4)5)86-99-89(94)82-80-78-76-74-72-70-68-66-64-62-60-58-56-54-52-50-48-41-39-37-35-33-31-29-27-25-23-21-19-17-15-13-11-9-7-2/h8-11,14-17,20-23,26-29,32-35,38,40,43-44,46-47,51,53,57,59,63,65,69,71,88,92H,6-7,12-13,18-19,24-25,30-31,36-37,39,41-42,45,48-50,52,54-56,58,60-62,64,66-68,70,72-87H2,1-5H3/p+1/b10-8-,11-9-,16-14-,17-15-,22-20-,23-21-,28-26-,29-27-,34-32-,35-33-,40-38-,44-43-,47-46-,53-51-,59-57-,65-63-,71-69-. The molecule has 0 fully saturated rings. The molecule has 0 amide bonds. The van der Waals surface area contributed by atoms with E-state index < -0.39 is 24.3 Å². The van der Waals surface area contributed by atoms with Crippen LogP contribution in [0, 0.1) is 0 Å². The number of likely N-dealkylation sites (N-methyl/N-ethyl adjacent to an activating group) is 1. The number of carboxylic acid groups (broad SMARTS) is 1. The molecule has 0 bridgehead atoms. The van der Waals surface area contributed by atoms with Crippen molar-refractivity contribution in [1.29, 1.82) is 0 Å². The Morgan fingerprint density at radius 1 is 0.297 bits per heavy atom. The Bertz CT molecular complexity index is 2420. The fourth-order valence-corrected chi connectivity index (χ4v) is 10.5. The first-order valence-corrected chi connectivity index (χ1v) is 40.2. The van der Waals surface area contributed by atoms with Gasteiger partial charge in [0.25, 0.3) is 6.29 Å². The van der Waals surface area contributed by atoms with Gasteiger partial charge in [0, 0.05) is 12.8 Å². The third-order valence-corrected chi connectivity index (χ3v) is 16.5. The lowest BCUT2D eigenvalue weighted by Crippen LogP contribution is -2.40. The van der Waals surface area contributed by atoms with E-state index in [9.17, 15) is 19.5 Å². The molecule has 101 heavy (non-hydrogen) atoms. The van der Waals surface area contributed by atoms with E-state index in [-0.39, 0.29) is 38.6 Å². The fourth-order valence-electron chi connectivity index (χ4n) is 10.5. The number of carboxylic acids is 1. The van der Waals surface area contributed by atoms with E-state index in [4.69, 9.17) is 18.9 Å². The molecule has 0 aromatic rings. The van der Waals surface area contributed by atoms with Crippen molar-refractivity contribution in [3.63, 3.8) is 0 Å². The van der Waals surface area contributed by atoms with Crippen LogP contribution in [0.4, 0.5) is 0 Å². The molecular formula is C92H148NO8+. The van der Waals surface area contributed by atoms with Crippen molar-refractivity contribution in [2.75, 3.05) is 47.5 Å². The quantitative estimate of drug-likeness (QED) is 0.0211. The Kier molecular flexibility index (Phi) is 74.7. The zero-order valence-electron chi connectivity index (χ0n) is 65.0. The summed E-state index contributed by atoms with van der Waals surface area (Å²) in [7, 11) is 5.96. The molecule has 0 saturated heterocycles. The summed E-state index contributed by atoms with van der Waals surface area (Å²) in [4.78, 5) is 37.7. The Labute approximate surface area is 620 Å². The molecular weight excluding hydrogens is 1250 g/mol. The van der Waals surface area contributed by atoms with Gasteiger partial charge >= 0.3 is 17.9 Å². The molecule has 568 valence electrons. The van der Waals surface area contributed by atoms with Gasteiger partial charge in [-0.3, -0.25) is 9.59 Å². The maximum absolute atomic E-state index is 13.0. The topological polar surface area (TPSA) is 108 Å². The first-order valence-electron chi connectivity index (χ1n) is 40.2. The van der Waals surface area contributed by atoms with E-state index in [2.05, 4.69) is 220 Å². The highest BCUT2D eigenvalue weighted by Crippen LogP contribution is 2.17. The Morgan fingerprint density at radius 3 is 0.792 bits per heavy atom. The van der Waals surface area contributed by atoms with E-state index in [0.717, 1.165) is 154 Å². The number of quaternary nitrogens is 1. The molecule has 0 radical (unpaired) electrons. The average Bonchev–Trinajstić information content (AvgIpc) is 1.21. The highest BCUT2D eigenvalue weighted by Gasteiger charge is 2.25. The highest BCUT2D eigenvalue weighted by atomic mass is 16.7. The summed E-state index contributed by atoms with van der Waals surface area (Å²) in [5.74, 6) is -2.05. The van der Waals surface area contributed by atoms with Crippen LogP contribution in [0.2, 0.25) is 0 Å². The lowest BCUT2D eigenvalue weighted by molar-refractivity contribution is -0.870. The van der Waals surface area contributed by atoms with Gasteiger partial charge in [0.1, 0.15) is 13.2 Å². The molecule has 0 aliphatic heterocycles. The number of aliphatic carboxylic acids is 1. The van der Waals surface area contributed by atoms with Crippen LogP contribution in [0.15, 0.2) is 207 Å². The number of ether oxygens (including phenoxy) is 4. The first kappa shape index (κ1) is 94.9. The molecule has 0 aliphatic rings. The van der Waals surface area contributed by atoms with Crippen LogP contribution >= 0.6 is 0 Å². The fraction of sp³-hybridized carbons (Fsp3) is 0.598. The maximum Gasteiger partial charge on any atom is 0.361 e. The summed E-state index contributed by atoms with van der Waals surface area (Å²) >= 11 is 0. The molecule has 0 aromatic heterocycles. The molecule has 0 heterocycles. The third kappa shape index (κ3) is 81.0. The summed E-state index contributed by atoms with van der Waals surface area (Å²) in [6.45, 7) is 4.62. The summed E-state index contributed by atoms with van der Waals surface area (Å²) in [6.07, 6.45) is 121. The van der Waals surface area contributed by atoms with Gasteiger partial charge in [-0.1, -0.05) is 342 Å². The molecule has 1 N–H and O–H groups in total. The van der Waals surface area contributed by atoms with E-state index in [1.165, 1.54) is 109 Å². The van der Waals surface area contributed by atoms with Crippen LogP contribution in [-0.2, 0) is 33.3 Å². The highest BCUT2D eigenvalue weighted by molar-refractivity contribution is 5.71. The van der Waals surface area contributed by atoms with Gasteiger partial charge in [-0.15, -0.1) is 0 Å². The van der Waals surface area contributed by atoms with Gasteiger partial charge in [-0.05, 0) is 148 Å². The maximum atomic E-state index is 13.0. The number of hydrogen-bond acceptors (Lipinski definition) is 7. The first-order chi connectivity index (χ1) is 49.6. The minimum absolute atomic E-state index is 0.173. The van der Waals surface area contributed by atoms with Crippen LogP contribution in [0.5, 0.6) is 0 Å². The molecule has 0 aliphatic carbocycles. The molecule has 2 atom stereocenters. The van der Waals surface area contributed by atoms with E-state index in [1.807, 2.05) is 21.1 Å². The van der Waals surface area contributed by atoms with Gasteiger partial charge < -0.3 is 28.5 Å². The van der Waals surface area contributed by atoms with Crippen LogP contribution in [-0.4, -0.2) is 87.4 Å². The molecule has 0 spiro atoms. The van der Waals surface area contributed by atoms with Crippen LogP contribution in [0.1, 0.15) is 296 Å². The second kappa shape index (κ2) is 79.6. The number of carbonyl (C=O) groups excluding carboxylic acids is 2. The van der Waals surface area contributed by atoms with Crippen molar-refractivity contribution in [2.24, 2.45) is 0 Å². The number of allylic oxidation sites excluding steroid dienone is 34. The third-order valence-electron chi connectivity index (χ3n) is 16.5. The molecule has 9 heteroatoms. The van der Waals surface area contributed by atoms with Gasteiger partial charge in [-0.2, -0.15) is 0 Å². The zero-order chi connectivity index (χ0) is 73.2. The summed E-state index contributed by atoms with van der Waals surface area (Å²) in [5.41, 5.74) is 0. The van der Waals surface area contributed by atoms with Crippen LogP contribution in [0.3, 0.4) is 0 Å². The van der Waals surface area contributed by atoms with E-state index >= 15 is 0 Å². The van der Waals surface area contributed by atoms with Gasteiger partial charge in [-0.25, -0.2) is 4.79 Å². The molecule has 2 unspecified atom stereocenters. The minimum atomic E-state index is -1.53. The number of nitrogens with zero attached hydrogens (tertiary/aromatic N) is 1. The lowest BCUT2D eigenvalue weighted by Gasteiger charge is -2.25. The Morgan fingerprint density at radius 2 is 0.535 bits per heavy atom. The van der Waals surface area contributed by atoms with Crippen molar-refractivity contribution in [2.45, 2.75) is 309 Å². The monoisotopic (exact) mass is 1400 g/mol. The summed E-state index contributed by atoms with van der Waals surface area (Å²) in [5, 5.41) is 9.77. The van der Waals surface area contributed by atoms with E-state index in [0.29, 0.717) is 17.4 Å². The zero-order valence-corrected chi connectivity index (χ0v) is 65.0. The largest absolute Gasteiger partial charge is 0.477 e. The number of hydrogen-bond donors (Lipinski definition) is 1. The predicted molar refractivity (Wildman–Crippen MR) is 437 cm³/mol. The average molecular weight is 1400 g/mol. The van der Waals surface area contributed by atoms with Crippen LogP contribution < -0.4 is 0 Å². The van der Waals surface area contributed by atoms with Crippen molar-refractivity contribution in [1.82, 2.24) is 0 Å². The van der Waals surface area contributed by atoms with E-state index in [1.54, 1.807) is 0 Å². The normalized spacial score (nSPS) is 13.8. The predicted octanol–water partition coefficient (Wildman–Crippen LogP) is 26.3. The van der Waals surface area contributed by atoms with Crippen LogP contribution in [0.25, 0.3) is 0 Å². The van der Waals surface area contributed by atoms with Gasteiger partial charge in [0.05, 0.1) is 34.4 Å². The van der Waals surface area contributed by atoms with Crippen molar-refractivity contribution in [3.8, 4) is 0 Å². The number of carbonyl (C=O) groups is 3. The molecule has 9 nitrogen and oxygen atoms in total. The van der Waals surface area contributed by atoms with Gasteiger partial charge in [0.15, 0.2) is 6.10 Å². The minimum Gasteiger partial charge on any atom is -0.477 e. The van der Waals surface area contributed by atoms with Crippen molar-refractivity contribution >= 4 is 17.9 Å². The summed E-state index contributed by atoms with van der Waals surface area (Å²) in [6, 6.07) is 0. The molecule has 0 aromatic carbocycles. The number of unbranched alkanes of at least 4 members (excludes halogenated alkanes) is 23. The Balaban J connectivity index is 4.16. The second-order valence-corrected chi connectivity index (χ2v) is 27.3. The summed E-state index contributed by atoms with van der Waals surface area (Å²) < 4.78 is 23.0. The van der Waals surface area contributed by atoms with Gasteiger partial charge in [0.2, 0.25) is 0 Å². The SMILES string of the molecule is CC/C=C\C/C=C\C/C=C\C/C=C\C/C=C\C/C=C\C/C=C\C/C=C\C/C=C\C/C=C\C/C=C\C/C=C\CCCCCCC(=O)OC(COC(=O)CCCCCCCCCCCCCCCCCCCCC/C=C\C/C=C\C/C=C\C/C=C\C/C=C\CC)COC(OCC[N+](C)(C)C)C(=O)O. The molecule has 0 rings (SSSR count). The second-order valence-electron chi connectivity index (χ2n) is 27.3. The number of esters is 2. The van der Waals surface area contributed by atoms with Crippen molar-refractivity contribution in [3.05, 3.63) is 207 Å². The Hall–Kier alpha value is -6.13. The lowest BCUT2D eigenvalue weighted by atomic mass is 10.0. The smallest absolute Gasteiger partial charge is 0.361 e.